The Morgan fingerprint density at radius 3 is 2.73 bits per heavy atom. The molecular formula is C29H31N5O3S3. The van der Waals surface area contributed by atoms with Crippen molar-refractivity contribution in [3.63, 3.8) is 0 Å². The number of aromatic nitrogens is 1. The van der Waals surface area contributed by atoms with Crippen molar-refractivity contribution < 1.29 is 14.7 Å². The zero-order valence-corrected chi connectivity index (χ0v) is 24.3. The van der Waals surface area contributed by atoms with Gasteiger partial charge in [0.2, 0.25) is 5.91 Å². The highest BCUT2D eigenvalue weighted by Crippen LogP contribution is 2.36. The molecular weight excluding hydrogens is 563 g/mol. The van der Waals surface area contributed by atoms with E-state index < -0.39 is 6.23 Å². The van der Waals surface area contributed by atoms with E-state index in [1.807, 2.05) is 34.7 Å². The molecule has 2 aliphatic rings. The minimum absolute atomic E-state index is 0.00206. The molecule has 208 valence electrons. The summed E-state index contributed by atoms with van der Waals surface area (Å²) in [6.45, 7) is 2.77. The summed E-state index contributed by atoms with van der Waals surface area (Å²) in [5, 5.41) is 23.3. The van der Waals surface area contributed by atoms with Crippen LogP contribution >= 0.6 is 34.0 Å². The number of anilines is 1. The number of nitrogens with one attached hydrogen (secondary N) is 3. The number of rotatable bonds is 10. The number of carbonyl (C=O) groups is 2. The van der Waals surface area contributed by atoms with Crippen LogP contribution in [0.15, 0.2) is 60.1 Å². The molecule has 4 aromatic rings. The molecule has 0 radical (unpaired) electrons. The van der Waals surface area contributed by atoms with Gasteiger partial charge in [-0.05, 0) is 54.1 Å². The van der Waals surface area contributed by atoms with E-state index in [0.29, 0.717) is 35.9 Å². The third-order valence-corrected chi connectivity index (χ3v) is 10.3. The molecule has 0 spiro atoms. The van der Waals surface area contributed by atoms with Crippen molar-refractivity contribution in [2.75, 3.05) is 25.0 Å². The monoisotopic (exact) mass is 593 g/mol. The molecule has 4 N–H and O–H groups in total. The van der Waals surface area contributed by atoms with Gasteiger partial charge in [0.15, 0.2) is 0 Å². The van der Waals surface area contributed by atoms with Gasteiger partial charge in [-0.25, -0.2) is 4.98 Å². The number of likely N-dealkylation sites (tertiary alicyclic amines) is 1. The van der Waals surface area contributed by atoms with E-state index in [4.69, 9.17) is 0 Å². The molecule has 3 aromatic heterocycles. The number of thiazole rings is 1. The summed E-state index contributed by atoms with van der Waals surface area (Å²) in [5.74, 6) is 0.211. The topological polar surface area (TPSA) is 107 Å². The minimum Gasteiger partial charge on any atom is -0.378 e. The molecule has 1 unspecified atom stereocenters. The van der Waals surface area contributed by atoms with Crippen LogP contribution in [0, 0.1) is 0 Å². The number of amides is 2. The summed E-state index contributed by atoms with van der Waals surface area (Å²) < 4.78 is 0. The Balaban J connectivity index is 0.975. The zero-order chi connectivity index (χ0) is 27.5. The Morgan fingerprint density at radius 1 is 1.12 bits per heavy atom. The third-order valence-electron chi connectivity index (χ3n) is 7.24. The number of hydrogen-bond acceptors (Lipinski definition) is 9. The van der Waals surface area contributed by atoms with E-state index in [-0.39, 0.29) is 23.8 Å². The Bertz CT molecular complexity index is 1440. The average molecular weight is 594 g/mol. The predicted octanol–water partition coefficient (Wildman–Crippen LogP) is 4.51. The maximum absolute atomic E-state index is 13.0. The molecule has 2 saturated heterocycles. The molecule has 11 heteroatoms. The second kappa shape index (κ2) is 12.3. The molecule has 2 amide bonds. The van der Waals surface area contributed by atoms with Crippen molar-refractivity contribution >= 4 is 50.8 Å². The lowest BCUT2D eigenvalue weighted by molar-refractivity contribution is -0.117. The number of thiophene rings is 2. The number of aliphatic hydroxyl groups is 1. The van der Waals surface area contributed by atoms with Gasteiger partial charge in [0.25, 0.3) is 5.91 Å². The van der Waals surface area contributed by atoms with Gasteiger partial charge < -0.3 is 20.6 Å². The van der Waals surface area contributed by atoms with Crippen molar-refractivity contribution in [2.24, 2.45) is 0 Å². The highest BCUT2D eigenvalue weighted by Gasteiger charge is 2.35. The molecule has 2 fully saturated rings. The minimum atomic E-state index is -0.571. The Morgan fingerprint density at radius 2 is 1.98 bits per heavy atom. The molecule has 2 aliphatic heterocycles. The van der Waals surface area contributed by atoms with Crippen molar-refractivity contribution in [1.82, 2.24) is 20.5 Å². The molecule has 6 rings (SSSR count). The number of aliphatic hydroxyl groups excluding tert-OH is 1. The SMILES string of the molecule is O=C(Nc1ccc(C(=O)N2CC(c3ncc(-c4ccc(CNC(O)Cc5cccs5)cc4)s3)C2)s1)[C@@H]1CCCN1. The summed E-state index contributed by atoms with van der Waals surface area (Å²) in [7, 11) is 0. The van der Waals surface area contributed by atoms with E-state index in [1.54, 1.807) is 28.7 Å². The first-order valence-electron chi connectivity index (χ1n) is 13.4. The fourth-order valence-electron chi connectivity index (χ4n) is 4.92. The van der Waals surface area contributed by atoms with Gasteiger partial charge >= 0.3 is 0 Å². The van der Waals surface area contributed by atoms with E-state index in [0.717, 1.165) is 45.3 Å². The third kappa shape index (κ3) is 6.35. The largest absolute Gasteiger partial charge is 0.378 e. The van der Waals surface area contributed by atoms with E-state index >= 15 is 0 Å². The molecule has 40 heavy (non-hydrogen) atoms. The van der Waals surface area contributed by atoms with E-state index in [2.05, 4.69) is 45.2 Å². The van der Waals surface area contributed by atoms with Gasteiger partial charge in [-0.15, -0.1) is 34.0 Å². The second-order valence-electron chi connectivity index (χ2n) is 10.1. The standard InChI is InChI=1S/C29H31N5O3S3/c35-25(13-21-3-2-12-38-21)31-14-18-5-7-19(8-6-18)24-15-32-28(40-24)20-16-34(17-20)29(37)23-9-10-26(39-23)33-27(36)22-4-1-11-30-22/h2-3,5-10,12,15,20,22,25,30-31,35H,1,4,11,13-14,16-17H2,(H,33,36)/t22-,25?/m0/s1. The maximum atomic E-state index is 13.0. The first-order valence-corrected chi connectivity index (χ1v) is 16.0. The summed E-state index contributed by atoms with van der Waals surface area (Å²) in [6, 6.07) is 15.8. The van der Waals surface area contributed by atoms with Crippen molar-refractivity contribution in [2.45, 2.75) is 44.0 Å². The van der Waals surface area contributed by atoms with E-state index in [1.165, 1.54) is 11.3 Å². The van der Waals surface area contributed by atoms with Crippen molar-refractivity contribution in [3.8, 4) is 10.4 Å². The van der Waals surface area contributed by atoms with Gasteiger partial charge in [0, 0.05) is 43.0 Å². The van der Waals surface area contributed by atoms with E-state index in [9.17, 15) is 14.7 Å². The number of carbonyl (C=O) groups excluding carboxylic acids is 2. The number of benzene rings is 1. The normalized spacial score (nSPS) is 18.0. The van der Waals surface area contributed by atoms with Crippen LogP contribution in [0.3, 0.4) is 0 Å². The van der Waals surface area contributed by atoms with Crippen LogP contribution < -0.4 is 16.0 Å². The van der Waals surface area contributed by atoms with Crippen molar-refractivity contribution in [1.29, 1.82) is 0 Å². The lowest BCUT2D eigenvalue weighted by atomic mass is 10.0. The van der Waals surface area contributed by atoms with Gasteiger partial charge in [-0.2, -0.15) is 0 Å². The molecule has 2 atom stereocenters. The fourth-order valence-corrected chi connectivity index (χ4v) is 7.54. The highest BCUT2D eigenvalue weighted by molar-refractivity contribution is 7.18. The Kier molecular flexibility index (Phi) is 8.38. The number of nitrogens with zero attached hydrogens (tertiary/aromatic N) is 2. The van der Waals surface area contributed by atoms with Crippen LogP contribution in [0.5, 0.6) is 0 Å². The van der Waals surface area contributed by atoms with Crippen LogP contribution in [0.1, 0.15) is 43.9 Å². The summed E-state index contributed by atoms with van der Waals surface area (Å²) in [5.41, 5.74) is 2.22. The molecule has 5 heterocycles. The molecule has 0 saturated carbocycles. The first kappa shape index (κ1) is 27.3. The summed E-state index contributed by atoms with van der Waals surface area (Å²) in [4.78, 5) is 34.7. The van der Waals surface area contributed by atoms with Crippen LogP contribution in [0.25, 0.3) is 10.4 Å². The highest BCUT2D eigenvalue weighted by atomic mass is 32.1. The Labute approximate surface area is 245 Å². The molecule has 0 bridgehead atoms. The van der Waals surface area contributed by atoms with Gasteiger partial charge in [0.05, 0.1) is 25.8 Å². The second-order valence-corrected chi connectivity index (χ2v) is 13.3. The van der Waals surface area contributed by atoms with Crippen LogP contribution in [0.2, 0.25) is 0 Å². The maximum Gasteiger partial charge on any atom is 0.264 e. The zero-order valence-electron chi connectivity index (χ0n) is 21.8. The quantitative estimate of drug-likeness (QED) is 0.202. The molecule has 1 aromatic carbocycles. The smallest absolute Gasteiger partial charge is 0.264 e. The molecule has 0 aliphatic carbocycles. The van der Waals surface area contributed by atoms with Crippen LogP contribution in [-0.4, -0.2) is 58.7 Å². The van der Waals surface area contributed by atoms with Crippen LogP contribution in [-0.2, 0) is 17.8 Å². The first-order chi connectivity index (χ1) is 19.5. The number of hydrogen-bond donors (Lipinski definition) is 4. The van der Waals surface area contributed by atoms with Gasteiger partial charge in [0.1, 0.15) is 6.23 Å². The molecule has 8 nitrogen and oxygen atoms in total. The van der Waals surface area contributed by atoms with Crippen LogP contribution in [0.4, 0.5) is 5.00 Å². The van der Waals surface area contributed by atoms with Gasteiger partial charge in [-0.3, -0.25) is 14.9 Å². The predicted molar refractivity (Wildman–Crippen MR) is 161 cm³/mol. The van der Waals surface area contributed by atoms with Crippen molar-refractivity contribution in [3.05, 3.63) is 80.4 Å². The summed E-state index contributed by atoms with van der Waals surface area (Å²) >= 11 is 4.65. The Hall–Kier alpha value is -2.93. The lowest BCUT2D eigenvalue weighted by Crippen LogP contribution is -2.48. The summed E-state index contributed by atoms with van der Waals surface area (Å²) in [6.07, 6.45) is 3.80. The average Bonchev–Trinajstić information content (AvgIpc) is 3.75. The lowest BCUT2D eigenvalue weighted by Gasteiger charge is -2.37. The fraction of sp³-hybridized carbons (Fsp3) is 0.345. The van der Waals surface area contributed by atoms with Gasteiger partial charge in [-0.1, -0.05) is 30.3 Å².